The highest BCUT2D eigenvalue weighted by atomic mass is 32.2. The Morgan fingerprint density at radius 3 is 2.42 bits per heavy atom. The van der Waals surface area contributed by atoms with Gasteiger partial charge in [0.05, 0.1) is 11.9 Å². The Morgan fingerprint density at radius 1 is 1.15 bits per heavy atom. The third kappa shape index (κ3) is 5.16. The summed E-state index contributed by atoms with van der Waals surface area (Å²) in [5.41, 5.74) is 3.58. The number of nitrogens with one attached hydrogen (secondary N) is 1. The normalized spacial score (nSPS) is 16.8. The number of aromatic nitrogens is 2. The molecule has 1 aromatic carbocycles. The Kier molecular flexibility index (Phi) is 6.11. The van der Waals surface area contributed by atoms with Crippen LogP contribution in [-0.4, -0.2) is 48.0 Å². The molecule has 0 radical (unpaired) electrons. The van der Waals surface area contributed by atoms with Crippen molar-refractivity contribution >= 4 is 10.0 Å². The summed E-state index contributed by atoms with van der Waals surface area (Å²) in [4.78, 5) is 2.39. The van der Waals surface area contributed by atoms with Crippen molar-refractivity contribution in [3.8, 4) is 11.1 Å². The van der Waals surface area contributed by atoms with Gasteiger partial charge in [0.25, 0.3) is 0 Å². The van der Waals surface area contributed by atoms with Crippen molar-refractivity contribution in [1.29, 1.82) is 0 Å². The van der Waals surface area contributed by atoms with Gasteiger partial charge >= 0.3 is 0 Å². The number of aryl methyl sites for hydroxylation is 1. The van der Waals surface area contributed by atoms with E-state index in [4.69, 9.17) is 0 Å². The Balaban J connectivity index is 1.50. The highest BCUT2D eigenvalue weighted by Crippen LogP contribution is 2.20. The number of sulfonamides is 1. The van der Waals surface area contributed by atoms with Gasteiger partial charge in [0.15, 0.2) is 0 Å². The first kappa shape index (κ1) is 19.1. The van der Waals surface area contributed by atoms with E-state index in [9.17, 15) is 8.42 Å². The number of hydrogen-bond donors (Lipinski definition) is 1. The number of piperidine rings is 1. The average Bonchev–Trinajstić information content (AvgIpc) is 3.03. The number of likely N-dealkylation sites (tertiary alicyclic amines) is 1. The van der Waals surface area contributed by atoms with Crippen LogP contribution in [0.5, 0.6) is 0 Å². The second kappa shape index (κ2) is 8.33. The lowest BCUT2D eigenvalue weighted by atomic mass is 10.0. The predicted molar refractivity (Wildman–Crippen MR) is 104 cm³/mol. The minimum Gasteiger partial charge on any atom is -0.299 e. The van der Waals surface area contributed by atoms with E-state index in [0.29, 0.717) is 6.42 Å². The fraction of sp³-hybridized carbons (Fsp3) is 0.526. The van der Waals surface area contributed by atoms with Gasteiger partial charge in [-0.05, 0) is 30.4 Å². The topological polar surface area (TPSA) is 67.2 Å². The first-order valence-electron chi connectivity index (χ1n) is 9.25. The number of rotatable bonds is 7. The molecular weight excluding hydrogens is 348 g/mol. The monoisotopic (exact) mass is 376 g/mol. The van der Waals surface area contributed by atoms with Crippen LogP contribution < -0.4 is 4.72 Å². The summed E-state index contributed by atoms with van der Waals surface area (Å²) in [5.74, 6) is 0.219. The lowest BCUT2D eigenvalue weighted by molar-refractivity contribution is 0.200. The van der Waals surface area contributed by atoms with E-state index < -0.39 is 10.0 Å². The molecule has 1 saturated heterocycles. The average molecular weight is 377 g/mol. The Hall–Kier alpha value is -1.70. The van der Waals surface area contributed by atoms with Crippen molar-refractivity contribution in [2.24, 2.45) is 7.05 Å². The van der Waals surface area contributed by atoms with Gasteiger partial charge in [-0.1, -0.05) is 31.2 Å². The van der Waals surface area contributed by atoms with Crippen LogP contribution in [0, 0.1) is 0 Å². The molecular formula is C19H28N4O2S. The Bertz CT molecular complexity index is 806. The molecule has 2 heterocycles. The van der Waals surface area contributed by atoms with E-state index in [1.54, 1.807) is 0 Å². The maximum absolute atomic E-state index is 11.9. The van der Waals surface area contributed by atoms with E-state index in [0.717, 1.165) is 38.0 Å². The predicted octanol–water partition coefficient (Wildman–Crippen LogP) is 2.38. The molecule has 0 amide bonds. The van der Waals surface area contributed by atoms with Crippen molar-refractivity contribution in [2.75, 3.05) is 18.8 Å². The van der Waals surface area contributed by atoms with Crippen LogP contribution >= 0.6 is 0 Å². The van der Waals surface area contributed by atoms with Crippen LogP contribution in [0.15, 0.2) is 36.7 Å². The summed E-state index contributed by atoms with van der Waals surface area (Å²) in [6.07, 6.45) is 6.29. The Labute approximate surface area is 156 Å². The third-order valence-electron chi connectivity index (χ3n) is 4.80. The second-order valence-electron chi connectivity index (χ2n) is 7.09. The molecule has 1 N–H and O–H groups in total. The zero-order valence-corrected chi connectivity index (χ0v) is 16.4. The molecule has 7 heteroatoms. The van der Waals surface area contributed by atoms with Gasteiger partial charge in [-0.2, -0.15) is 5.10 Å². The standard InChI is InChI=1S/C19H28N4O2S/c1-3-12-26(24,25)21-19-8-10-23(11-9-19)14-16-4-6-17(7-5-16)18-13-20-22(2)15-18/h4-7,13,15,19,21H,3,8-12,14H2,1-2H3. The van der Waals surface area contributed by atoms with Gasteiger partial charge in [-0.25, -0.2) is 13.1 Å². The van der Waals surface area contributed by atoms with E-state index in [2.05, 4.69) is 39.0 Å². The molecule has 0 spiro atoms. The minimum absolute atomic E-state index is 0.0794. The first-order valence-corrected chi connectivity index (χ1v) is 10.9. The molecule has 142 valence electrons. The van der Waals surface area contributed by atoms with Crippen molar-refractivity contribution < 1.29 is 8.42 Å². The molecule has 0 aliphatic carbocycles. The van der Waals surface area contributed by atoms with E-state index in [-0.39, 0.29) is 11.8 Å². The molecule has 26 heavy (non-hydrogen) atoms. The number of hydrogen-bond acceptors (Lipinski definition) is 4. The molecule has 0 bridgehead atoms. The van der Waals surface area contributed by atoms with Crippen LogP contribution in [0.3, 0.4) is 0 Å². The zero-order chi connectivity index (χ0) is 18.6. The fourth-order valence-corrected chi connectivity index (χ4v) is 4.82. The van der Waals surface area contributed by atoms with Gasteiger partial charge < -0.3 is 0 Å². The van der Waals surface area contributed by atoms with Crippen molar-refractivity contribution in [3.63, 3.8) is 0 Å². The molecule has 1 aromatic heterocycles. The first-order chi connectivity index (χ1) is 12.4. The van der Waals surface area contributed by atoms with Gasteiger partial charge in [0.1, 0.15) is 0 Å². The molecule has 2 aromatic rings. The third-order valence-corrected chi connectivity index (χ3v) is 6.44. The summed E-state index contributed by atoms with van der Waals surface area (Å²) >= 11 is 0. The summed E-state index contributed by atoms with van der Waals surface area (Å²) in [6, 6.07) is 8.68. The highest BCUT2D eigenvalue weighted by Gasteiger charge is 2.23. The summed E-state index contributed by atoms with van der Waals surface area (Å²) in [5, 5.41) is 4.21. The molecule has 1 fully saturated rings. The molecule has 0 atom stereocenters. The molecule has 1 aliphatic heterocycles. The molecule has 3 rings (SSSR count). The van der Waals surface area contributed by atoms with Gasteiger partial charge in [0, 0.05) is 44.5 Å². The van der Waals surface area contributed by atoms with Crippen LogP contribution in [0.25, 0.3) is 11.1 Å². The fourth-order valence-electron chi connectivity index (χ4n) is 3.42. The van der Waals surface area contributed by atoms with Gasteiger partial charge in [0.2, 0.25) is 10.0 Å². The van der Waals surface area contributed by atoms with Crippen molar-refractivity contribution in [1.82, 2.24) is 19.4 Å². The summed E-state index contributed by atoms with van der Waals surface area (Å²) in [6.45, 7) is 4.64. The second-order valence-corrected chi connectivity index (χ2v) is 8.96. The molecule has 6 nitrogen and oxygen atoms in total. The van der Waals surface area contributed by atoms with Crippen LogP contribution in [0.4, 0.5) is 0 Å². The maximum atomic E-state index is 11.9. The minimum atomic E-state index is -3.11. The molecule has 0 unspecified atom stereocenters. The zero-order valence-electron chi connectivity index (χ0n) is 15.6. The van der Waals surface area contributed by atoms with E-state index >= 15 is 0 Å². The number of nitrogens with zero attached hydrogens (tertiary/aromatic N) is 3. The van der Waals surface area contributed by atoms with Crippen molar-refractivity contribution in [2.45, 2.75) is 38.8 Å². The lowest BCUT2D eigenvalue weighted by Crippen LogP contribution is -2.44. The molecule has 0 saturated carbocycles. The quantitative estimate of drug-likeness (QED) is 0.806. The van der Waals surface area contributed by atoms with Gasteiger partial charge in [-0.3, -0.25) is 9.58 Å². The summed E-state index contributed by atoms with van der Waals surface area (Å²) in [7, 11) is -1.19. The van der Waals surface area contributed by atoms with Crippen LogP contribution in [0.1, 0.15) is 31.7 Å². The Morgan fingerprint density at radius 2 is 1.85 bits per heavy atom. The number of benzene rings is 1. The van der Waals surface area contributed by atoms with Crippen LogP contribution in [0.2, 0.25) is 0 Å². The van der Waals surface area contributed by atoms with Crippen molar-refractivity contribution in [3.05, 3.63) is 42.2 Å². The van der Waals surface area contributed by atoms with E-state index in [1.165, 1.54) is 11.1 Å². The van der Waals surface area contributed by atoms with Crippen LogP contribution in [-0.2, 0) is 23.6 Å². The summed E-state index contributed by atoms with van der Waals surface area (Å²) < 4.78 is 28.4. The van der Waals surface area contributed by atoms with E-state index in [1.807, 2.05) is 31.0 Å². The highest BCUT2D eigenvalue weighted by molar-refractivity contribution is 7.89. The van der Waals surface area contributed by atoms with Gasteiger partial charge in [-0.15, -0.1) is 0 Å². The SMILES string of the molecule is CCCS(=O)(=O)NC1CCN(Cc2ccc(-c3cnn(C)c3)cc2)CC1. The lowest BCUT2D eigenvalue weighted by Gasteiger charge is -2.32. The molecule has 1 aliphatic rings. The maximum Gasteiger partial charge on any atom is 0.211 e. The smallest absolute Gasteiger partial charge is 0.211 e. The largest absolute Gasteiger partial charge is 0.299 e.